The van der Waals surface area contributed by atoms with Crippen molar-refractivity contribution in [2.75, 3.05) is 0 Å². The van der Waals surface area contributed by atoms with Crippen LogP contribution in [0.5, 0.6) is 0 Å². The van der Waals surface area contributed by atoms with Crippen LogP contribution in [0.3, 0.4) is 0 Å². The number of nitrogens with zero attached hydrogens (tertiary/aromatic N) is 14. The maximum absolute atomic E-state index is 5.72. The van der Waals surface area contributed by atoms with Gasteiger partial charge in [0, 0.05) is 111 Å². The fourth-order valence-electron chi connectivity index (χ4n) is 18.9. The molecule has 13 aromatic carbocycles. The Morgan fingerprint density at radius 1 is 0.214 bits per heavy atom. The number of rotatable bonds is 12. The lowest BCUT2D eigenvalue weighted by molar-refractivity contribution is 0.590. The first kappa shape index (κ1) is 83.5. The Morgan fingerprint density at radius 3 is 0.649 bits per heavy atom. The number of para-hydroxylation sites is 2. The van der Waals surface area contributed by atoms with Gasteiger partial charge in [-0.05, 0) is 133 Å². The van der Waals surface area contributed by atoms with Crippen LogP contribution in [0, 0.1) is 13.8 Å². The topological polar surface area (TPSA) is 165 Å². The highest BCUT2D eigenvalue weighted by Crippen LogP contribution is 2.48. The average Bonchev–Trinajstić information content (AvgIpc) is 1.51. The molecule has 131 heavy (non-hydrogen) atoms. The third kappa shape index (κ3) is 15.0. The second kappa shape index (κ2) is 30.6. The highest BCUT2D eigenvalue weighted by atomic mass is 15.1. The molecule has 0 saturated carbocycles. The van der Waals surface area contributed by atoms with E-state index in [-0.39, 0.29) is 39.2 Å². The van der Waals surface area contributed by atoms with E-state index in [0.717, 1.165) is 149 Å². The molecule has 21 rings (SSSR count). The molecule has 8 heterocycles. The van der Waals surface area contributed by atoms with Crippen LogP contribution in [0.4, 0.5) is 0 Å². The summed E-state index contributed by atoms with van der Waals surface area (Å²) in [6.45, 7) is 44.3. The molecule has 6 aromatic heterocycles. The zero-order valence-electron chi connectivity index (χ0n) is 78.3. The smallest absolute Gasteiger partial charge is 0.252 e. The average molecular weight is 1710 g/mol. The van der Waals surface area contributed by atoms with Crippen molar-refractivity contribution < 1.29 is 0 Å². The van der Waals surface area contributed by atoms with Gasteiger partial charge < -0.3 is 9.13 Å². The summed E-state index contributed by atoms with van der Waals surface area (Å²) < 4.78 is 5.01. The van der Waals surface area contributed by atoms with Gasteiger partial charge >= 0.3 is 0 Å². The van der Waals surface area contributed by atoms with E-state index in [2.05, 4.69) is 421 Å². The first-order chi connectivity index (χ1) is 62.5. The minimum Gasteiger partial charge on any atom is -0.310 e. The van der Waals surface area contributed by atoms with Gasteiger partial charge in [0.25, 0.3) is 6.71 Å². The van der Waals surface area contributed by atoms with Gasteiger partial charge in [-0.15, -0.1) is 0 Å². The minimum absolute atomic E-state index is 0.0829. The summed E-state index contributed by atoms with van der Waals surface area (Å²) in [5.74, 6) is 6.41. The fourth-order valence-corrected chi connectivity index (χ4v) is 18.9. The van der Waals surface area contributed by atoms with E-state index >= 15 is 0 Å². The number of hydrogen-bond donors (Lipinski definition) is 0. The number of benzene rings is 13. The predicted molar refractivity (Wildman–Crippen MR) is 540 cm³/mol. The summed E-state index contributed by atoms with van der Waals surface area (Å²) in [7, 11) is 0. The van der Waals surface area contributed by atoms with Gasteiger partial charge in [0.05, 0.1) is 11.0 Å². The van der Waals surface area contributed by atoms with Crippen LogP contribution in [-0.2, 0) is 32.5 Å². The van der Waals surface area contributed by atoms with Crippen LogP contribution in [0.1, 0.15) is 169 Å². The molecule has 0 unspecified atom stereocenters. The number of aryl methyl sites for hydroxylation is 2. The van der Waals surface area contributed by atoms with Crippen molar-refractivity contribution in [2.24, 2.45) is 0 Å². The Kier molecular flexibility index (Phi) is 19.5. The zero-order chi connectivity index (χ0) is 91.0. The van der Waals surface area contributed by atoms with Crippen molar-refractivity contribution in [2.45, 2.75) is 171 Å². The van der Waals surface area contributed by atoms with E-state index in [4.69, 9.17) is 59.8 Å². The first-order valence-corrected chi connectivity index (χ1v) is 45.7. The largest absolute Gasteiger partial charge is 0.310 e. The van der Waals surface area contributed by atoms with Crippen molar-refractivity contribution in [3.63, 3.8) is 0 Å². The Hall–Kier alpha value is -14.4. The lowest BCUT2D eigenvalue weighted by atomic mass is 9.34. The zero-order valence-corrected chi connectivity index (χ0v) is 78.3. The summed E-state index contributed by atoms with van der Waals surface area (Å²) in [6.07, 6.45) is 0. The van der Waals surface area contributed by atoms with Gasteiger partial charge in [0.2, 0.25) is 0 Å². The second-order valence-corrected chi connectivity index (χ2v) is 42.1. The molecule has 0 aliphatic carbocycles. The monoisotopic (exact) mass is 1700 g/mol. The summed E-state index contributed by atoms with van der Waals surface area (Å²) in [5.41, 5.74) is 28.5. The Morgan fingerprint density at radius 2 is 0.420 bits per heavy atom. The molecule has 0 spiro atoms. The molecule has 0 amide bonds. The molecule has 19 aromatic rings. The molecule has 0 fully saturated rings. The third-order valence-corrected chi connectivity index (χ3v) is 26.5. The van der Waals surface area contributed by atoms with Crippen LogP contribution in [0.15, 0.2) is 273 Å². The van der Waals surface area contributed by atoms with Crippen LogP contribution in [0.2, 0.25) is 0 Å². The quantitative estimate of drug-likeness (QED) is 0.106. The first-order valence-electron chi connectivity index (χ1n) is 45.7. The summed E-state index contributed by atoms with van der Waals surface area (Å²) in [6, 6.07) is 98.7. The Bertz CT molecular complexity index is 7210. The summed E-state index contributed by atoms with van der Waals surface area (Å²) in [5, 5.41) is 4.02. The lowest BCUT2D eigenvalue weighted by Gasteiger charge is -2.33. The van der Waals surface area contributed by atoms with Crippen molar-refractivity contribution in [1.82, 2.24) is 68.9 Å². The molecule has 0 atom stereocenters. The van der Waals surface area contributed by atoms with Crippen LogP contribution >= 0.6 is 0 Å². The molecular formula is C116H105BN14. The van der Waals surface area contributed by atoms with Gasteiger partial charge in [0.1, 0.15) is 0 Å². The SMILES string of the molecule is Cc1ccc(-c2nc(-c3ccc(C(C)(C)C)cc3)nc(-c3cc(-c4nc(-c5ccc(C(C)(C)C)cc5)nc(-c5ccc(C(C)(C)C)cc5)n4)c4c5cccc6c5n(c4c3)-c3cccc4c3B6c3cccc5c6c(-c7nc(-c8ccc(C(C)(C)C)cc8)nc(-c8ccc(C(C)(C)C)cc8)n7)cc(-c7nc(-c8ccc(C)cc8)nc(-c8ccc(C(C)(C)C)cc8)n7)cc6n-4c35)n2)cc1. The van der Waals surface area contributed by atoms with Crippen molar-refractivity contribution >= 4 is 66.7 Å². The molecule has 0 radical (unpaired) electrons. The van der Waals surface area contributed by atoms with E-state index < -0.39 is 0 Å². The molecule has 15 heteroatoms. The van der Waals surface area contributed by atoms with Crippen LogP contribution < -0.4 is 16.4 Å². The highest BCUT2D eigenvalue weighted by molar-refractivity contribution is 7.00. The summed E-state index contributed by atoms with van der Waals surface area (Å²) in [4.78, 5) is 66.8. The van der Waals surface area contributed by atoms with Crippen LogP contribution in [0.25, 0.3) is 192 Å². The standard InChI is InChI=1S/C116H105BN14/c1-66-30-34-68(35-31-66)99-118-101(70-38-50-78(51-39-70)111(3,4)5)124-107(122-99)76-62-86(109-126-103(72-42-54-80(55-43-72)113(9,10)11)120-104(127-109)73-44-56-81(57-45-73)114(12,13)14)94-84-24-21-26-88-97(84)130(92(94)64-76)90-28-23-29-91-96(90)117(88)89-27-22-25-85-95-87(110-128-105(74-46-58-82(59-47-74)115(15,16)17)121-106(129-110)75-48-60-83(61-49-75)116(18,19)20)63-77(65-93(95)131(91)98(85)89)108-123-100(69-36-32-67(2)33-37-69)119-102(125-108)71-40-52-79(53-41-71)112(6,7)8/h21-65H,1-20H3. The third-order valence-electron chi connectivity index (χ3n) is 26.5. The van der Waals surface area contributed by atoms with E-state index in [9.17, 15) is 0 Å². The fraction of sp³-hybridized carbons (Fsp3) is 0.224. The molecule has 0 saturated heterocycles. The van der Waals surface area contributed by atoms with Gasteiger partial charge in [-0.1, -0.05) is 372 Å². The summed E-state index contributed by atoms with van der Waals surface area (Å²) >= 11 is 0. The molecule has 14 nitrogen and oxygen atoms in total. The van der Waals surface area contributed by atoms with Crippen molar-refractivity contribution in [3.05, 3.63) is 317 Å². The van der Waals surface area contributed by atoms with Gasteiger partial charge in [-0.3, -0.25) is 0 Å². The number of hydrogen-bond acceptors (Lipinski definition) is 12. The van der Waals surface area contributed by atoms with Gasteiger partial charge in [-0.2, -0.15) is 0 Å². The lowest BCUT2D eigenvalue weighted by Crippen LogP contribution is -2.59. The molecular weight excluding hydrogens is 1600 g/mol. The second-order valence-electron chi connectivity index (χ2n) is 42.1. The predicted octanol–water partition coefficient (Wildman–Crippen LogP) is 26.2. The van der Waals surface area contributed by atoms with E-state index in [1.807, 2.05) is 0 Å². The van der Waals surface area contributed by atoms with Gasteiger partial charge in [-0.25, -0.2) is 59.8 Å². The van der Waals surface area contributed by atoms with Crippen molar-refractivity contribution in [1.29, 1.82) is 0 Å². The number of fused-ring (bicyclic) bond motifs is 10. The van der Waals surface area contributed by atoms with E-state index in [0.29, 0.717) is 69.9 Å². The molecule has 2 aliphatic rings. The van der Waals surface area contributed by atoms with E-state index in [1.165, 1.54) is 33.4 Å². The normalized spacial score (nSPS) is 12.9. The van der Waals surface area contributed by atoms with Crippen LogP contribution in [-0.4, -0.2) is 75.7 Å². The van der Waals surface area contributed by atoms with Crippen molar-refractivity contribution in [3.8, 4) is 148 Å². The maximum atomic E-state index is 5.72. The molecule has 2 aliphatic heterocycles. The minimum atomic E-state index is -0.279. The molecule has 0 N–H and O–H groups in total. The molecule has 642 valence electrons. The number of aromatic nitrogens is 14. The molecule has 0 bridgehead atoms. The Labute approximate surface area is 767 Å². The Balaban J connectivity index is 0.855. The maximum Gasteiger partial charge on any atom is 0.252 e. The highest BCUT2D eigenvalue weighted by Gasteiger charge is 2.42. The van der Waals surface area contributed by atoms with E-state index in [1.54, 1.807) is 0 Å². The van der Waals surface area contributed by atoms with Gasteiger partial charge in [0.15, 0.2) is 69.9 Å².